The van der Waals surface area contributed by atoms with E-state index < -0.39 is 0 Å². The minimum Gasteiger partial charge on any atom is -0.347 e. The molecule has 0 aliphatic rings. The van der Waals surface area contributed by atoms with Crippen molar-refractivity contribution >= 4 is 5.91 Å². The molecule has 0 bridgehead atoms. The number of carbonyl (C=O) groups excluding carboxylic acids is 1. The predicted octanol–water partition coefficient (Wildman–Crippen LogP) is 1.72. The second-order valence-corrected chi connectivity index (χ2v) is 3.70. The van der Waals surface area contributed by atoms with E-state index in [9.17, 15) is 4.79 Å². The van der Waals surface area contributed by atoms with Crippen molar-refractivity contribution in [2.45, 2.75) is 13.5 Å². The van der Waals surface area contributed by atoms with Gasteiger partial charge in [-0.1, -0.05) is 24.3 Å². The molecule has 0 saturated heterocycles. The first-order valence-corrected chi connectivity index (χ1v) is 5.36. The summed E-state index contributed by atoms with van der Waals surface area (Å²) in [5.41, 5.74) is 2.60. The Kier molecular flexibility index (Phi) is 3.45. The van der Waals surface area contributed by atoms with Crippen LogP contribution in [0, 0.1) is 6.92 Å². The summed E-state index contributed by atoms with van der Waals surface area (Å²) in [7, 11) is 0. The lowest BCUT2D eigenvalue weighted by atomic mass is 10.1. The van der Waals surface area contributed by atoms with Crippen LogP contribution in [0.1, 0.15) is 21.6 Å². The topological polar surface area (TPSA) is 54.9 Å². The van der Waals surface area contributed by atoms with E-state index in [2.05, 4.69) is 15.3 Å². The molecule has 17 heavy (non-hydrogen) atoms. The highest BCUT2D eigenvalue weighted by atomic mass is 16.1. The first-order chi connectivity index (χ1) is 8.27. The normalized spacial score (nSPS) is 9.94. The Morgan fingerprint density at radius 2 is 2.12 bits per heavy atom. The zero-order chi connectivity index (χ0) is 12.1. The Bertz CT molecular complexity index is 511. The lowest BCUT2D eigenvalue weighted by Gasteiger charge is -2.06. The number of hydrogen-bond acceptors (Lipinski definition) is 3. The average molecular weight is 227 g/mol. The van der Waals surface area contributed by atoms with Gasteiger partial charge in [0.05, 0.1) is 6.20 Å². The summed E-state index contributed by atoms with van der Waals surface area (Å²) in [5, 5.41) is 2.81. The highest BCUT2D eigenvalue weighted by molar-refractivity contribution is 5.91. The molecular formula is C13H13N3O. The van der Waals surface area contributed by atoms with Crippen molar-refractivity contribution in [3.8, 4) is 0 Å². The molecule has 1 heterocycles. The second-order valence-electron chi connectivity index (χ2n) is 3.70. The molecule has 4 nitrogen and oxygen atoms in total. The Labute approximate surface area is 99.7 Å². The van der Waals surface area contributed by atoms with Gasteiger partial charge in [0.15, 0.2) is 0 Å². The molecule has 1 N–H and O–H groups in total. The number of nitrogens with zero attached hydrogens (tertiary/aromatic N) is 2. The molecule has 0 fully saturated rings. The minimum atomic E-state index is -0.207. The molecule has 0 aliphatic carbocycles. The Morgan fingerprint density at radius 1 is 1.29 bits per heavy atom. The van der Waals surface area contributed by atoms with Crippen LogP contribution in [-0.2, 0) is 6.54 Å². The van der Waals surface area contributed by atoms with Crippen LogP contribution in [0.3, 0.4) is 0 Å². The number of aryl methyl sites for hydroxylation is 1. The summed E-state index contributed by atoms with van der Waals surface area (Å²) in [4.78, 5) is 19.5. The summed E-state index contributed by atoms with van der Waals surface area (Å²) in [6.07, 6.45) is 4.49. The summed E-state index contributed by atoms with van der Waals surface area (Å²) in [6.45, 7) is 2.52. The van der Waals surface area contributed by atoms with E-state index in [1.807, 2.05) is 31.2 Å². The number of rotatable bonds is 3. The molecule has 4 heteroatoms. The van der Waals surface area contributed by atoms with E-state index >= 15 is 0 Å². The lowest BCUT2D eigenvalue weighted by Crippen LogP contribution is -2.24. The van der Waals surface area contributed by atoms with Crippen LogP contribution in [0.4, 0.5) is 0 Å². The predicted molar refractivity (Wildman–Crippen MR) is 64.4 cm³/mol. The van der Waals surface area contributed by atoms with Gasteiger partial charge in [0.1, 0.15) is 5.69 Å². The second kappa shape index (κ2) is 5.21. The molecule has 0 spiro atoms. The zero-order valence-electron chi connectivity index (χ0n) is 9.55. The van der Waals surface area contributed by atoms with Crippen molar-refractivity contribution in [2.75, 3.05) is 0 Å². The third kappa shape index (κ3) is 2.87. The van der Waals surface area contributed by atoms with E-state index in [-0.39, 0.29) is 5.91 Å². The number of hydrogen-bond donors (Lipinski definition) is 1. The molecule has 0 atom stereocenters. The number of benzene rings is 1. The molecule has 2 rings (SSSR count). The van der Waals surface area contributed by atoms with E-state index in [0.29, 0.717) is 12.2 Å². The highest BCUT2D eigenvalue weighted by Gasteiger charge is 2.06. The number of nitrogens with one attached hydrogen (secondary N) is 1. The summed E-state index contributed by atoms with van der Waals surface area (Å²) in [5.74, 6) is -0.207. The van der Waals surface area contributed by atoms with E-state index in [4.69, 9.17) is 0 Å². The van der Waals surface area contributed by atoms with Crippen LogP contribution in [-0.4, -0.2) is 15.9 Å². The van der Waals surface area contributed by atoms with Gasteiger partial charge in [-0.25, -0.2) is 4.98 Å². The lowest BCUT2D eigenvalue weighted by molar-refractivity contribution is 0.0945. The van der Waals surface area contributed by atoms with Crippen molar-refractivity contribution in [1.29, 1.82) is 0 Å². The number of aromatic nitrogens is 2. The van der Waals surface area contributed by atoms with Gasteiger partial charge >= 0.3 is 0 Å². The van der Waals surface area contributed by atoms with Crippen LogP contribution in [0.25, 0.3) is 0 Å². The summed E-state index contributed by atoms with van der Waals surface area (Å²) in [6, 6.07) is 7.94. The van der Waals surface area contributed by atoms with Gasteiger partial charge in [-0.2, -0.15) is 0 Å². The van der Waals surface area contributed by atoms with Crippen LogP contribution in [0.15, 0.2) is 42.9 Å². The SMILES string of the molecule is Cc1ccccc1CNC(=O)c1cnccn1. The van der Waals surface area contributed by atoms with Crippen molar-refractivity contribution in [2.24, 2.45) is 0 Å². The van der Waals surface area contributed by atoms with Crippen molar-refractivity contribution in [3.05, 3.63) is 59.7 Å². The Morgan fingerprint density at radius 3 is 2.82 bits per heavy atom. The number of amides is 1. The molecular weight excluding hydrogens is 214 g/mol. The van der Waals surface area contributed by atoms with Gasteiger partial charge < -0.3 is 5.32 Å². The molecule has 86 valence electrons. The summed E-state index contributed by atoms with van der Waals surface area (Å²) < 4.78 is 0. The van der Waals surface area contributed by atoms with E-state index in [0.717, 1.165) is 11.1 Å². The van der Waals surface area contributed by atoms with Gasteiger partial charge in [0.25, 0.3) is 5.91 Å². The first-order valence-electron chi connectivity index (χ1n) is 5.36. The first kappa shape index (κ1) is 11.3. The molecule has 0 aliphatic heterocycles. The third-order valence-corrected chi connectivity index (χ3v) is 2.50. The maximum absolute atomic E-state index is 11.7. The Hall–Kier alpha value is -2.23. The van der Waals surface area contributed by atoms with Gasteiger partial charge in [0.2, 0.25) is 0 Å². The molecule has 0 unspecified atom stereocenters. The van der Waals surface area contributed by atoms with Gasteiger partial charge in [-0.15, -0.1) is 0 Å². The fourth-order valence-electron chi connectivity index (χ4n) is 1.49. The third-order valence-electron chi connectivity index (χ3n) is 2.50. The van der Waals surface area contributed by atoms with Crippen molar-refractivity contribution < 1.29 is 4.79 Å². The average Bonchev–Trinajstić information content (AvgIpc) is 2.38. The fourth-order valence-corrected chi connectivity index (χ4v) is 1.49. The molecule has 2 aromatic rings. The maximum atomic E-state index is 11.7. The highest BCUT2D eigenvalue weighted by Crippen LogP contribution is 2.06. The van der Waals surface area contributed by atoms with Crippen LogP contribution in [0.5, 0.6) is 0 Å². The smallest absolute Gasteiger partial charge is 0.271 e. The Balaban J connectivity index is 2.00. The molecule has 0 saturated carbocycles. The molecule has 1 aromatic carbocycles. The number of carbonyl (C=O) groups is 1. The van der Waals surface area contributed by atoms with E-state index in [1.54, 1.807) is 0 Å². The fraction of sp³-hybridized carbons (Fsp3) is 0.154. The van der Waals surface area contributed by atoms with Crippen LogP contribution < -0.4 is 5.32 Å². The maximum Gasteiger partial charge on any atom is 0.271 e. The molecule has 0 radical (unpaired) electrons. The zero-order valence-corrected chi connectivity index (χ0v) is 9.55. The van der Waals surface area contributed by atoms with E-state index in [1.165, 1.54) is 18.6 Å². The van der Waals surface area contributed by atoms with Crippen LogP contribution >= 0.6 is 0 Å². The minimum absolute atomic E-state index is 0.207. The van der Waals surface area contributed by atoms with Crippen molar-refractivity contribution in [3.63, 3.8) is 0 Å². The van der Waals surface area contributed by atoms with Gasteiger partial charge in [-0.05, 0) is 18.1 Å². The van der Waals surface area contributed by atoms with Gasteiger partial charge in [-0.3, -0.25) is 9.78 Å². The monoisotopic (exact) mass is 227 g/mol. The quantitative estimate of drug-likeness (QED) is 0.868. The molecule has 1 amide bonds. The molecule has 1 aromatic heterocycles. The van der Waals surface area contributed by atoms with Gasteiger partial charge in [0, 0.05) is 18.9 Å². The summed E-state index contributed by atoms with van der Waals surface area (Å²) >= 11 is 0. The van der Waals surface area contributed by atoms with Crippen LogP contribution in [0.2, 0.25) is 0 Å². The largest absolute Gasteiger partial charge is 0.347 e. The van der Waals surface area contributed by atoms with Crippen molar-refractivity contribution in [1.82, 2.24) is 15.3 Å². The standard InChI is InChI=1S/C13H13N3O/c1-10-4-2-3-5-11(10)8-16-13(17)12-9-14-6-7-15-12/h2-7,9H,8H2,1H3,(H,16,17).